The van der Waals surface area contributed by atoms with Gasteiger partial charge in [-0.3, -0.25) is 14.5 Å². The van der Waals surface area contributed by atoms with Crippen molar-refractivity contribution in [2.45, 2.75) is 52.5 Å². The molecule has 2 atom stereocenters. The minimum absolute atomic E-state index is 0.0203. The van der Waals surface area contributed by atoms with Crippen LogP contribution in [0.3, 0.4) is 0 Å². The van der Waals surface area contributed by atoms with Crippen molar-refractivity contribution in [3.63, 3.8) is 0 Å². The third kappa shape index (κ3) is 4.89. The number of para-hydroxylation sites is 1. The van der Waals surface area contributed by atoms with Crippen LogP contribution in [0.2, 0.25) is 0 Å². The second kappa shape index (κ2) is 8.87. The summed E-state index contributed by atoms with van der Waals surface area (Å²) in [5.74, 6) is 0.760. The molecule has 27 heavy (non-hydrogen) atoms. The molecule has 3 rings (SSSR count). The van der Waals surface area contributed by atoms with Crippen LogP contribution in [0.1, 0.15) is 45.6 Å². The molecule has 0 aromatic heterocycles. The van der Waals surface area contributed by atoms with Crippen molar-refractivity contribution < 1.29 is 9.59 Å². The molecular formula is C22H33N3O2. The largest absolute Gasteiger partial charge is 0.356 e. The molecule has 2 heterocycles. The number of rotatable bonds is 5. The van der Waals surface area contributed by atoms with Crippen LogP contribution in [0.5, 0.6) is 0 Å². The summed E-state index contributed by atoms with van der Waals surface area (Å²) < 4.78 is 0. The number of piperidine rings is 1. The fourth-order valence-corrected chi connectivity index (χ4v) is 4.25. The molecule has 0 spiro atoms. The van der Waals surface area contributed by atoms with Gasteiger partial charge in [-0.05, 0) is 56.7 Å². The highest BCUT2D eigenvalue weighted by molar-refractivity contribution is 5.96. The van der Waals surface area contributed by atoms with Crippen molar-refractivity contribution in [1.29, 1.82) is 0 Å². The van der Waals surface area contributed by atoms with E-state index in [0.29, 0.717) is 19.0 Å². The van der Waals surface area contributed by atoms with E-state index in [1.54, 1.807) is 0 Å². The van der Waals surface area contributed by atoms with Gasteiger partial charge in [0, 0.05) is 30.7 Å². The lowest BCUT2D eigenvalue weighted by Crippen LogP contribution is -2.49. The summed E-state index contributed by atoms with van der Waals surface area (Å²) in [4.78, 5) is 29.2. The Morgan fingerprint density at radius 1 is 1.22 bits per heavy atom. The van der Waals surface area contributed by atoms with E-state index in [0.717, 1.165) is 44.5 Å². The summed E-state index contributed by atoms with van der Waals surface area (Å²) in [5, 5.41) is 3.05. The minimum atomic E-state index is 0.0203. The molecule has 1 aromatic rings. The smallest absolute Gasteiger partial charge is 0.241 e. The number of carbonyl (C=O) groups excluding carboxylic acids is 2. The molecule has 0 saturated carbocycles. The van der Waals surface area contributed by atoms with Crippen LogP contribution in [0.25, 0.3) is 0 Å². The van der Waals surface area contributed by atoms with Crippen LogP contribution in [0, 0.1) is 11.8 Å². The van der Waals surface area contributed by atoms with Crippen molar-refractivity contribution in [3.05, 3.63) is 29.8 Å². The van der Waals surface area contributed by atoms with Gasteiger partial charge in [0.25, 0.3) is 0 Å². The molecule has 0 aliphatic carbocycles. The van der Waals surface area contributed by atoms with Gasteiger partial charge < -0.3 is 10.2 Å². The number of carbonyl (C=O) groups is 2. The third-order valence-electron chi connectivity index (χ3n) is 5.84. The highest BCUT2D eigenvalue weighted by atomic mass is 16.2. The first kappa shape index (κ1) is 19.9. The Kier molecular flexibility index (Phi) is 6.53. The molecule has 1 saturated heterocycles. The molecule has 1 fully saturated rings. The lowest BCUT2D eigenvalue weighted by Gasteiger charge is -2.38. The van der Waals surface area contributed by atoms with Crippen molar-refractivity contribution in [3.8, 4) is 0 Å². The Morgan fingerprint density at radius 3 is 2.78 bits per heavy atom. The van der Waals surface area contributed by atoms with Crippen LogP contribution in [-0.4, -0.2) is 48.9 Å². The second-order valence-electron chi connectivity index (χ2n) is 8.42. The van der Waals surface area contributed by atoms with Gasteiger partial charge in [-0.1, -0.05) is 32.0 Å². The van der Waals surface area contributed by atoms with Gasteiger partial charge in [0.1, 0.15) is 0 Å². The van der Waals surface area contributed by atoms with Crippen molar-refractivity contribution in [2.75, 3.05) is 31.1 Å². The summed E-state index contributed by atoms with van der Waals surface area (Å²) in [5.41, 5.74) is 2.36. The maximum Gasteiger partial charge on any atom is 0.241 e. The Bertz CT molecular complexity index is 673. The highest BCUT2D eigenvalue weighted by Crippen LogP contribution is 2.30. The predicted molar refractivity (Wildman–Crippen MR) is 109 cm³/mol. The number of hydrogen-bond donors (Lipinski definition) is 1. The number of fused-ring (bicyclic) bond motifs is 1. The zero-order valence-electron chi connectivity index (χ0n) is 16.9. The molecule has 148 valence electrons. The van der Waals surface area contributed by atoms with Gasteiger partial charge in [0.2, 0.25) is 11.8 Å². The number of amides is 2. The highest BCUT2D eigenvalue weighted by Gasteiger charge is 2.30. The standard InChI is InChI=1S/C22H33N3O2/c1-16(2)22(27)23-13-18-7-6-12-24(14-18)15-21(26)25-17(3)10-11-19-8-4-5-9-20(19)25/h4-5,8-9,16-18H,6-7,10-15H2,1-3H3,(H,23,27). The first-order valence-electron chi connectivity index (χ1n) is 10.4. The molecule has 2 aliphatic rings. The Labute approximate surface area is 163 Å². The molecule has 2 aliphatic heterocycles. The molecule has 2 amide bonds. The van der Waals surface area contributed by atoms with E-state index in [9.17, 15) is 9.59 Å². The number of benzene rings is 1. The maximum atomic E-state index is 13.1. The van der Waals surface area contributed by atoms with Crippen LogP contribution < -0.4 is 10.2 Å². The minimum Gasteiger partial charge on any atom is -0.356 e. The zero-order chi connectivity index (χ0) is 19.4. The van der Waals surface area contributed by atoms with Gasteiger partial charge in [0.15, 0.2) is 0 Å². The first-order valence-corrected chi connectivity index (χ1v) is 10.4. The number of hydrogen-bond acceptors (Lipinski definition) is 3. The van der Waals surface area contributed by atoms with Crippen LogP contribution in [0.4, 0.5) is 5.69 Å². The summed E-state index contributed by atoms with van der Waals surface area (Å²) in [7, 11) is 0. The lowest BCUT2D eigenvalue weighted by atomic mass is 9.95. The zero-order valence-corrected chi connectivity index (χ0v) is 16.9. The number of nitrogens with zero attached hydrogens (tertiary/aromatic N) is 2. The van der Waals surface area contributed by atoms with E-state index in [-0.39, 0.29) is 23.8 Å². The van der Waals surface area contributed by atoms with Crippen LogP contribution in [-0.2, 0) is 16.0 Å². The molecule has 1 aromatic carbocycles. The second-order valence-corrected chi connectivity index (χ2v) is 8.42. The fourth-order valence-electron chi connectivity index (χ4n) is 4.25. The number of aryl methyl sites for hydroxylation is 1. The van der Waals surface area contributed by atoms with E-state index in [1.165, 1.54) is 5.56 Å². The molecule has 0 bridgehead atoms. The summed E-state index contributed by atoms with van der Waals surface area (Å²) in [6.07, 6.45) is 4.27. The summed E-state index contributed by atoms with van der Waals surface area (Å²) in [6, 6.07) is 8.53. The average molecular weight is 372 g/mol. The average Bonchev–Trinajstić information content (AvgIpc) is 2.66. The third-order valence-corrected chi connectivity index (χ3v) is 5.84. The summed E-state index contributed by atoms with van der Waals surface area (Å²) in [6.45, 7) is 9.00. The van der Waals surface area contributed by atoms with Gasteiger partial charge in [0.05, 0.1) is 6.54 Å². The Hall–Kier alpha value is -1.88. The molecule has 1 N–H and O–H groups in total. The van der Waals surface area contributed by atoms with Crippen LogP contribution in [0.15, 0.2) is 24.3 Å². The quantitative estimate of drug-likeness (QED) is 0.866. The van der Waals surface area contributed by atoms with E-state index in [4.69, 9.17) is 0 Å². The van der Waals surface area contributed by atoms with Crippen molar-refractivity contribution in [1.82, 2.24) is 10.2 Å². The van der Waals surface area contributed by atoms with Gasteiger partial charge >= 0.3 is 0 Å². The van der Waals surface area contributed by atoms with E-state index in [2.05, 4.69) is 35.3 Å². The van der Waals surface area contributed by atoms with Gasteiger partial charge in [-0.25, -0.2) is 0 Å². The van der Waals surface area contributed by atoms with Crippen molar-refractivity contribution in [2.24, 2.45) is 11.8 Å². The van der Waals surface area contributed by atoms with E-state index in [1.807, 2.05) is 24.8 Å². The molecular weight excluding hydrogens is 338 g/mol. The van der Waals surface area contributed by atoms with Gasteiger partial charge in [-0.15, -0.1) is 0 Å². The summed E-state index contributed by atoms with van der Waals surface area (Å²) >= 11 is 0. The number of likely N-dealkylation sites (tertiary alicyclic amines) is 1. The first-order chi connectivity index (χ1) is 13.0. The van der Waals surface area contributed by atoms with Crippen LogP contribution >= 0.6 is 0 Å². The topological polar surface area (TPSA) is 52.7 Å². The lowest BCUT2D eigenvalue weighted by molar-refractivity contribution is -0.124. The fraction of sp³-hybridized carbons (Fsp3) is 0.636. The van der Waals surface area contributed by atoms with E-state index >= 15 is 0 Å². The monoisotopic (exact) mass is 371 g/mol. The Balaban J connectivity index is 1.58. The van der Waals surface area contributed by atoms with E-state index < -0.39 is 0 Å². The molecule has 0 radical (unpaired) electrons. The number of nitrogens with one attached hydrogen (secondary N) is 1. The van der Waals surface area contributed by atoms with Gasteiger partial charge in [-0.2, -0.15) is 0 Å². The molecule has 2 unspecified atom stereocenters. The predicted octanol–water partition coefficient (Wildman–Crippen LogP) is 2.84. The Morgan fingerprint density at radius 2 is 2.00 bits per heavy atom. The SMILES string of the molecule is CC(C)C(=O)NCC1CCCN(CC(=O)N2c3ccccc3CCC2C)C1. The van der Waals surface area contributed by atoms with Crippen molar-refractivity contribution >= 4 is 17.5 Å². The normalized spacial score (nSPS) is 23.2. The molecule has 5 heteroatoms. The molecule has 5 nitrogen and oxygen atoms in total. The number of anilines is 1. The maximum absolute atomic E-state index is 13.1.